The molecule has 1 aromatic rings. The molecule has 110 valence electrons. The summed E-state index contributed by atoms with van der Waals surface area (Å²) in [6.45, 7) is 5.69. The number of carbonyl (C=O) groups is 1. The van der Waals surface area contributed by atoms with Gasteiger partial charge in [0.1, 0.15) is 6.10 Å². The lowest BCUT2D eigenvalue weighted by atomic mass is 9.99. The standard InChI is InChI=1S/C13H17NO5S/c1-7-4-8(2)12(20(14,16)17)9(3)11(7)13(15)19-10-5-18-6-10/h4,10H,5-6H2,1-3H3,(H2,14,16,17). The van der Waals surface area contributed by atoms with E-state index in [0.717, 1.165) is 0 Å². The first-order valence-corrected chi connectivity index (χ1v) is 7.68. The van der Waals surface area contributed by atoms with E-state index in [0.29, 0.717) is 29.9 Å². The number of primary sulfonamides is 1. The van der Waals surface area contributed by atoms with Gasteiger partial charge in [0.2, 0.25) is 10.0 Å². The normalized spacial score (nSPS) is 15.8. The highest BCUT2D eigenvalue weighted by Crippen LogP contribution is 2.26. The van der Waals surface area contributed by atoms with Crippen molar-refractivity contribution in [3.8, 4) is 0 Å². The largest absolute Gasteiger partial charge is 0.454 e. The molecule has 1 aliphatic rings. The number of aryl methyl sites for hydroxylation is 2. The van der Waals surface area contributed by atoms with E-state index in [2.05, 4.69) is 0 Å². The van der Waals surface area contributed by atoms with Crippen LogP contribution in [0.5, 0.6) is 0 Å². The molecule has 1 fully saturated rings. The van der Waals surface area contributed by atoms with Gasteiger partial charge in [-0.25, -0.2) is 18.4 Å². The van der Waals surface area contributed by atoms with Gasteiger partial charge in [-0.05, 0) is 37.5 Å². The Morgan fingerprint density at radius 3 is 2.35 bits per heavy atom. The van der Waals surface area contributed by atoms with Crippen LogP contribution in [0.3, 0.4) is 0 Å². The number of esters is 1. The molecule has 1 aromatic carbocycles. The third-order valence-corrected chi connectivity index (χ3v) is 4.47. The first kappa shape index (κ1) is 15.0. The van der Waals surface area contributed by atoms with Crippen LogP contribution in [-0.4, -0.2) is 33.7 Å². The topological polar surface area (TPSA) is 95.7 Å². The Labute approximate surface area is 117 Å². The monoisotopic (exact) mass is 299 g/mol. The molecule has 0 radical (unpaired) electrons. The average Bonchev–Trinajstić information content (AvgIpc) is 2.20. The number of hydrogen-bond acceptors (Lipinski definition) is 5. The highest BCUT2D eigenvalue weighted by atomic mass is 32.2. The summed E-state index contributed by atoms with van der Waals surface area (Å²) in [6, 6.07) is 1.63. The predicted octanol–water partition coefficient (Wildman–Crippen LogP) is 0.815. The second-order valence-electron chi connectivity index (χ2n) is 4.95. The van der Waals surface area contributed by atoms with E-state index >= 15 is 0 Å². The molecule has 1 saturated heterocycles. The quantitative estimate of drug-likeness (QED) is 0.833. The zero-order valence-electron chi connectivity index (χ0n) is 11.6. The fraction of sp³-hybridized carbons (Fsp3) is 0.462. The molecule has 0 saturated carbocycles. The highest BCUT2D eigenvalue weighted by Gasteiger charge is 2.28. The van der Waals surface area contributed by atoms with Crippen molar-refractivity contribution in [3.05, 3.63) is 28.3 Å². The Kier molecular flexibility index (Phi) is 3.86. The molecule has 0 spiro atoms. The Morgan fingerprint density at radius 2 is 1.90 bits per heavy atom. The van der Waals surface area contributed by atoms with Crippen molar-refractivity contribution in [1.29, 1.82) is 0 Å². The van der Waals surface area contributed by atoms with E-state index in [1.807, 2.05) is 0 Å². The smallest absolute Gasteiger partial charge is 0.339 e. The molecule has 6 nitrogen and oxygen atoms in total. The maximum atomic E-state index is 12.2. The second kappa shape index (κ2) is 5.16. The molecule has 2 rings (SSSR count). The fourth-order valence-electron chi connectivity index (χ4n) is 2.41. The third-order valence-electron chi connectivity index (χ3n) is 3.27. The molecule has 0 unspecified atom stereocenters. The number of benzene rings is 1. The zero-order chi connectivity index (χ0) is 15.1. The van der Waals surface area contributed by atoms with Crippen molar-refractivity contribution < 1.29 is 22.7 Å². The van der Waals surface area contributed by atoms with Crippen molar-refractivity contribution in [2.24, 2.45) is 5.14 Å². The molecule has 1 heterocycles. The van der Waals surface area contributed by atoms with E-state index in [9.17, 15) is 13.2 Å². The Morgan fingerprint density at radius 1 is 1.30 bits per heavy atom. The van der Waals surface area contributed by atoms with Gasteiger partial charge in [0, 0.05) is 0 Å². The molecule has 0 aliphatic carbocycles. The van der Waals surface area contributed by atoms with Crippen LogP contribution in [0.25, 0.3) is 0 Å². The molecule has 0 amide bonds. The van der Waals surface area contributed by atoms with Gasteiger partial charge >= 0.3 is 5.97 Å². The summed E-state index contributed by atoms with van der Waals surface area (Å²) >= 11 is 0. The molecule has 0 atom stereocenters. The maximum absolute atomic E-state index is 12.2. The molecular formula is C13H17NO5S. The van der Waals surface area contributed by atoms with Gasteiger partial charge in [-0.1, -0.05) is 6.07 Å². The van der Waals surface area contributed by atoms with Gasteiger partial charge in [0.25, 0.3) is 0 Å². The molecular weight excluding hydrogens is 282 g/mol. The molecule has 2 N–H and O–H groups in total. The highest BCUT2D eigenvalue weighted by molar-refractivity contribution is 7.89. The van der Waals surface area contributed by atoms with Gasteiger partial charge in [-0.15, -0.1) is 0 Å². The number of ether oxygens (including phenoxy) is 2. The van der Waals surface area contributed by atoms with Crippen LogP contribution in [0.15, 0.2) is 11.0 Å². The number of hydrogen-bond donors (Lipinski definition) is 1. The summed E-state index contributed by atoms with van der Waals surface area (Å²) in [5, 5.41) is 5.22. The summed E-state index contributed by atoms with van der Waals surface area (Å²) in [7, 11) is -3.89. The molecule has 0 aromatic heterocycles. The van der Waals surface area contributed by atoms with Gasteiger partial charge in [0.05, 0.1) is 23.7 Å². The van der Waals surface area contributed by atoms with Crippen LogP contribution in [0.4, 0.5) is 0 Å². The Balaban J connectivity index is 2.49. The van der Waals surface area contributed by atoms with E-state index in [1.165, 1.54) is 0 Å². The first-order valence-electron chi connectivity index (χ1n) is 6.14. The summed E-state index contributed by atoms with van der Waals surface area (Å²) < 4.78 is 33.5. The van der Waals surface area contributed by atoms with Crippen molar-refractivity contribution in [2.45, 2.75) is 31.8 Å². The minimum Gasteiger partial charge on any atom is -0.454 e. The Hall–Kier alpha value is -1.44. The minimum absolute atomic E-state index is 0.0140. The minimum atomic E-state index is -3.89. The van der Waals surface area contributed by atoms with Gasteiger partial charge in [-0.2, -0.15) is 0 Å². The van der Waals surface area contributed by atoms with Crippen LogP contribution in [0.2, 0.25) is 0 Å². The van der Waals surface area contributed by atoms with Crippen molar-refractivity contribution in [1.82, 2.24) is 0 Å². The molecule has 0 bridgehead atoms. The molecule has 1 aliphatic heterocycles. The van der Waals surface area contributed by atoms with Crippen LogP contribution in [-0.2, 0) is 19.5 Å². The van der Waals surface area contributed by atoms with Crippen LogP contribution >= 0.6 is 0 Å². The summed E-state index contributed by atoms with van der Waals surface area (Å²) in [5.41, 5.74) is 1.77. The van der Waals surface area contributed by atoms with Crippen molar-refractivity contribution in [2.75, 3.05) is 13.2 Å². The summed E-state index contributed by atoms with van der Waals surface area (Å²) in [6.07, 6.45) is -0.263. The molecule has 7 heteroatoms. The SMILES string of the molecule is Cc1cc(C)c(S(N)(=O)=O)c(C)c1C(=O)OC1COC1. The lowest BCUT2D eigenvalue weighted by Gasteiger charge is -2.26. The van der Waals surface area contributed by atoms with Gasteiger partial charge in [-0.3, -0.25) is 0 Å². The van der Waals surface area contributed by atoms with Crippen LogP contribution in [0.1, 0.15) is 27.0 Å². The first-order chi connectivity index (χ1) is 9.21. The number of rotatable bonds is 3. The third kappa shape index (κ3) is 2.70. The second-order valence-corrected chi connectivity index (χ2v) is 6.45. The fourth-order valence-corrected chi connectivity index (χ4v) is 3.45. The van der Waals surface area contributed by atoms with Crippen molar-refractivity contribution >= 4 is 16.0 Å². The van der Waals surface area contributed by atoms with Gasteiger partial charge in [0.15, 0.2) is 0 Å². The van der Waals surface area contributed by atoms with E-state index < -0.39 is 16.0 Å². The van der Waals surface area contributed by atoms with Crippen LogP contribution < -0.4 is 5.14 Å². The number of nitrogens with two attached hydrogens (primary N) is 1. The summed E-state index contributed by atoms with van der Waals surface area (Å²) in [5.74, 6) is -0.543. The van der Waals surface area contributed by atoms with E-state index in [4.69, 9.17) is 14.6 Å². The Bertz CT molecular complexity index is 662. The summed E-state index contributed by atoms with van der Waals surface area (Å²) in [4.78, 5) is 12.2. The predicted molar refractivity (Wildman–Crippen MR) is 72.0 cm³/mol. The average molecular weight is 299 g/mol. The van der Waals surface area contributed by atoms with Gasteiger partial charge < -0.3 is 9.47 Å². The van der Waals surface area contributed by atoms with E-state index in [-0.39, 0.29) is 16.6 Å². The van der Waals surface area contributed by atoms with E-state index in [1.54, 1.807) is 26.8 Å². The number of carbonyl (C=O) groups excluding carboxylic acids is 1. The zero-order valence-corrected chi connectivity index (χ0v) is 12.4. The lowest BCUT2D eigenvalue weighted by molar-refractivity contribution is -0.103. The number of sulfonamides is 1. The molecule has 20 heavy (non-hydrogen) atoms. The maximum Gasteiger partial charge on any atom is 0.339 e. The van der Waals surface area contributed by atoms with Crippen LogP contribution in [0, 0.1) is 20.8 Å². The lowest BCUT2D eigenvalue weighted by Crippen LogP contribution is -2.38. The van der Waals surface area contributed by atoms with Crippen molar-refractivity contribution in [3.63, 3.8) is 0 Å².